The van der Waals surface area contributed by atoms with E-state index >= 15 is 0 Å². The molecule has 0 spiro atoms. The fraction of sp³-hybridized carbons (Fsp3) is 0.476. The Hall–Kier alpha value is -3.07. The lowest BCUT2D eigenvalue weighted by Crippen LogP contribution is -2.58. The van der Waals surface area contributed by atoms with Crippen molar-refractivity contribution >= 4 is 22.9 Å². The number of aryl methyl sites for hydroxylation is 1. The van der Waals surface area contributed by atoms with Crippen LogP contribution in [0, 0.1) is 5.92 Å². The summed E-state index contributed by atoms with van der Waals surface area (Å²) in [5, 5.41) is 8.20. The van der Waals surface area contributed by atoms with Crippen LogP contribution in [0.25, 0.3) is 11.2 Å². The average molecular weight is 406 g/mol. The number of fused-ring (bicyclic) bond motifs is 1. The van der Waals surface area contributed by atoms with Crippen LogP contribution in [0.4, 0.5) is 5.82 Å². The average Bonchev–Trinajstić information content (AvgIpc) is 3.14. The van der Waals surface area contributed by atoms with E-state index in [4.69, 9.17) is 0 Å². The van der Waals surface area contributed by atoms with E-state index in [9.17, 15) is 4.79 Å². The molecule has 2 saturated heterocycles. The molecule has 2 aliphatic rings. The van der Waals surface area contributed by atoms with Gasteiger partial charge in [0.15, 0.2) is 17.0 Å². The summed E-state index contributed by atoms with van der Waals surface area (Å²) in [7, 11) is 1.81. The number of hydrogen-bond acceptors (Lipinski definition) is 7. The van der Waals surface area contributed by atoms with Gasteiger partial charge in [0.1, 0.15) is 6.33 Å². The molecule has 9 nitrogen and oxygen atoms in total. The highest BCUT2D eigenvalue weighted by molar-refractivity contribution is 5.86. The van der Waals surface area contributed by atoms with Crippen molar-refractivity contribution in [2.45, 2.75) is 6.42 Å². The summed E-state index contributed by atoms with van der Waals surface area (Å²) in [5.74, 6) is 1.06. The molecule has 156 valence electrons. The number of aromatic nitrogens is 5. The van der Waals surface area contributed by atoms with Gasteiger partial charge in [-0.15, -0.1) is 5.10 Å². The van der Waals surface area contributed by atoms with Gasteiger partial charge in [0.05, 0.1) is 5.92 Å². The molecule has 0 bridgehead atoms. The first-order valence-corrected chi connectivity index (χ1v) is 10.5. The third kappa shape index (κ3) is 3.60. The maximum absolute atomic E-state index is 12.9. The number of rotatable bonds is 5. The summed E-state index contributed by atoms with van der Waals surface area (Å²) < 4.78 is 1.64. The second-order valence-electron chi connectivity index (χ2n) is 8.09. The van der Waals surface area contributed by atoms with Gasteiger partial charge < -0.3 is 9.80 Å². The first-order valence-electron chi connectivity index (χ1n) is 10.5. The smallest absolute Gasteiger partial charge is 0.229 e. The van der Waals surface area contributed by atoms with E-state index in [1.807, 2.05) is 11.9 Å². The van der Waals surface area contributed by atoms with Crippen LogP contribution < -0.4 is 4.90 Å². The van der Waals surface area contributed by atoms with Crippen molar-refractivity contribution in [1.82, 2.24) is 34.8 Å². The Morgan fingerprint density at radius 1 is 1.07 bits per heavy atom. The number of nitrogens with zero attached hydrogens (tertiary/aromatic N) is 8. The van der Waals surface area contributed by atoms with E-state index in [-0.39, 0.29) is 11.8 Å². The Morgan fingerprint density at radius 3 is 2.60 bits per heavy atom. The van der Waals surface area contributed by atoms with Crippen molar-refractivity contribution in [3.8, 4) is 0 Å². The van der Waals surface area contributed by atoms with Crippen molar-refractivity contribution in [1.29, 1.82) is 0 Å². The molecule has 2 aliphatic heterocycles. The van der Waals surface area contributed by atoms with Crippen LogP contribution in [0.3, 0.4) is 0 Å². The maximum atomic E-state index is 12.9. The highest BCUT2D eigenvalue weighted by Gasteiger charge is 2.38. The Labute approximate surface area is 175 Å². The topological polar surface area (TPSA) is 83.3 Å². The molecule has 0 atom stereocenters. The number of carbonyl (C=O) groups is 1. The lowest BCUT2D eigenvalue weighted by atomic mass is 9.98. The molecule has 4 heterocycles. The van der Waals surface area contributed by atoms with Crippen molar-refractivity contribution in [3.05, 3.63) is 42.2 Å². The first-order chi connectivity index (χ1) is 14.7. The quantitative estimate of drug-likeness (QED) is 0.613. The molecule has 0 unspecified atom stereocenters. The van der Waals surface area contributed by atoms with Crippen LogP contribution in [0.1, 0.15) is 5.56 Å². The zero-order chi connectivity index (χ0) is 20.5. The second-order valence-corrected chi connectivity index (χ2v) is 8.09. The fourth-order valence-electron chi connectivity index (χ4n) is 4.26. The molecule has 0 N–H and O–H groups in total. The predicted octanol–water partition coefficient (Wildman–Crippen LogP) is 0.581. The summed E-state index contributed by atoms with van der Waals surface area (Å²) in [6.07, 6.45) is 2.59. The highest BCUT2D eigenvalue weighted by atomic mass is 16.2. The van der Waals surface area contributed by atoms with Gasteiger partial charge in [-0.25, -0.2) is 14.6 Å². The van der Waals surface area contributed by atoms with Gasteiger partial charge in [0.2, 0.25) is 5.91 Å². The molecule has 5 rings (SSSR count). The van der Waals surface area contributed by atoms with Crippen LogP contribution in [-0.2, 0) is 18.3 Å². The minimum absolute atomic E-state index is 0.0301. The van der Waals surface area contributed by atoms with E-state index in [0.29, 0.717) is 24.3 Å². The molecule has 2 fully saturated rings. The van der Waals surface area contributed by atoms with Gasteiger partial charge in [-0.1, -0.05) is 35.5 Å². The zero-order valence-electron chi connectivity index (χ0n) is 17.2. The largest absolute Gasteiger partial charge is 0.353 e. The third-order valence-electron chi connectivity index (χ3n) is 6.14. The van der Waals surface area contributed by atoms with Crippen LogP contribution in [0.5, 0.6) is 0 Å². The standard InChI is InChI=1S/C21H26N8O/c1-26-19-18(24-25-26)20(23-15-22-19)29-13-17(14-29)21(30)28-11-9-27(10-12-28)8-7-16-5-3-2-4-6-16/h2-6,15,17H,7-14H2,1H3. The molecule has 3 aromatic rings. The Kier molecular flexibility index (Phi) is 5.04. The van der Waals surface area contributed by atoms with Crippen LogP contribution in [0.2, 0.25) is 0 Å². The molecule has 0 aliphatic carbocycles. The lowest BCUT2D eigenvalue weighted by Gasteiger charge is -2.43. The summed E-state index contributed by atoms with van der Waals surface area (Å²) in [5.41, 5.74) is 2.77. The summed E-state index contributed by atoms with van der Waals surface area (Å²) in [4.78, 5) is 28.1. The molecular formula is C21H26N8O. The van der Waals surface area contributed by atoms with Crippen LogP contribution >= 0.6 is 0 Å². The van der Waals surface area contributed by atoms with Crippen LogP contribution in [-0.4, -0.2) is 86.5 Å². The SMILES string of the molecule is Cn1nnc2c(N3CC(C(=O)N4CCN(CCc5ccccc5)CC4)C3)ncnc21. The van der Waals surface area contributed by atoms with Gasteiger partial charge >= 0.3 is 0 Å². The van der Waals surface area contributed by atoms with E-state index in [2.05, 4.69) is 60.4 Å². The molecule has 1 amide bonds. The van der Waals surface area contributed by atoms with E-state index in [1.54, 1.807) is 4.68 Å². The van der Waals surface area contributed by atoms with Gasteiger partial charge in [-0.2, -0.15) is 0 Å². The number of anilines is 1. The first kappa shape index (κ1) is 18.9. The molecule has 30 heavy (non-hydrogen) atoms. The minimum Gasteiger partial charge on any atom is -0.353 e. The molecule has 2 aromatic heterocycles. The normalized spacial score (nSPS) is 18.0. The van der Waals surface area contributed by atoms with Gasteiger partial charge in [0, 0.05) is 52.9 Å². The number of amides is 1. The highest BCUT2D eigenvalue weighted by Crippen LogP contribution is 2.28. The minimum atomic E-state index is 0.0301. The molecule has 0 saturated carbocycles. The van der Waals surface area contributed by atoms with Gasteiger partial charge in [0.25, 0.3) is 0 Å². The molecular weight excluding hydrogens is 380 g/mol. The van der Waals surface area contributed by atoms with Crippen molar-refractivity contribution in [2.75, 3.05) is 50.7 Å². The van der Waals surface area contributed by atoms with E-state index in [0.717, 1.165) is 45.0 Å². The Bertz CT molecular complexity index is 1020. The van der Waals surface area contributed by atoms with E-state index in [1.165, 1.54) is 11.9 Å². The summed E-state index contributed by atoms with van der Waals surface area (Å²) in [6.45, 7) is 5.91. The molecule has 0 radical (unpaired) electrons. The maximum Gasteiger partial charge on any atom is 0.229 e. The second kappa shape index (κ2) is 7.98. The van der Waals surface area contributed by atoms with Crippen molar-refractivity contribution < 1.29 is 4.79 Å². The van der Waals surface area contributed by atoms with E-state index < -0.39 is 0 Å². The number of piperazine rings is 1. The van der Waals surface area contributed by atoms with Crippen molar-refractivity contribution in [2.24, 2.45) is 13.0 Å². The number of hydrogen-bond donors (Lipinski definition) is 0. The Morgan fingerprint density at radius 2 is 1.83 bits per heavy atom. The van der Waals surface area contributed by atoms with Crippen LogP contribution in [0.15, 0.2) is 36.7 Å². The Balaban J connectivity index is 1.11. The number of carbonyl (C=O) groups excluding carboxylic acids is 1. The molecule has 1 aromatic carbocycles. The third-order valence-corrected chi connectivity index (χ3v) is 6.14. The summed E-state index contributed by atoms with van der Waals surface area (Å²) in [6, 6.07) is 10.6. The molecule has 9 heteroatoms. The summed E-state index contributed by atoms with van der Waals surface area (Å²) >= 11 is 0. The number of benzene rings is 1. The predicted molar refractivity (Wildman–Crippen MR) is 113 cm³/mol. The monoisotopic (exact) mass is 406 g/mol. The van der Waals surface area contributed by atoms with Gasteiger partial charge in [-0.05, 0) is 12.0 Å². The fourth-order valence-corrected chi connectivity index (χ4v) is 4.26. The zero-order valence-corrected chi connectivity index (χ0v) is 17.2. The van der Waals surface area contributed by atoms with Gasteiger partial charge in [-0.3, -0.25) is 9.69 Å². The van der Waals surface area contributed by atoms with Crippen molar-refractivity contribution in [3.63, 3.8) is 0 Å². The lowest BCUT2D eigenvalue weighted by molar-refractivity contribution is -0.138.